The first kappa shape index (κ1) is 24.5. The Bertz CT molecular complexity index is 665. The van der Waals surface area contributed by atoms with Gasteiger partial charge in [0.05, 0.1) is 12.0 Å². The zero-order valence-corrected chi connectivity index (χ0v) is 19.8. The summed E-state index contributed by atoms with van der Waals surface area (Å²) >= 11 is -1.55. The molecule has 0 radical (unpaired) electrons. The maximum atomic E-state index is 13.3. The summed E-state index contributed by atoms with van der Waals surface area (Å²) in [5.74, 6) is 0.613. The third-order valence-corrected chi connectivity index (χ3v) is 8.21. The van der Waals surface area contributed by atoms with E-state index in [9.17, 15) is 4.55 Å². The van der Waals surface area contributed by atoms with Gasteiger partial charge >= 0.3 is 0 Å². The maximum Gasteiger partial charge on any atom is 0.195 e. The number of nitrogens with zero attached hydrogens (tertiary/aromatic N) is 3. The van der Waals surface area contributed by atoms with Crippen LogP contribution in [0.3, 0.4) is 0 Å². The molecule has 9 nitrogen and oxygen atoms in total. The normalized spacial score (nSPS) is 35.8. The molecule has 7 atom stereocenters. The Hall–Kier alpha value is -1.17. The van der Waals surface area contributed by atoms with Gasteiger partial charge in [0.1, 0.15) is 23.6 Å². The van der Waals surface area contributed by atoms with Gasteiger partial charge < -0.3 is 29.8 Å². The van der Waals surface area contributed by atoms with Crippen LogP contribution in [0.15, 0.2) is 22.9 Å². The first-order valence-corrected chi connectivity index (χ1v) is 12.2. The Morgan fingerprint density at radius 3 is 2.42 bits per heavy atom. The molecule has 176 valence electrons. The first-order chi connectivity index (χ1) is 15.0. The van der Waals surface area contributed by atoms with E-state index < -0.39 is 11.4 Å². The van der Waals surface area contributed by atoms with Crippen molar-refractivity contribution in [2.75, 3.05) is 28.4 Å². The summed E-state index contributed by atoms with van der Waals surface area (Å²) in [4.78, 5) is 0. The van der Waals surface area contributed by atoms with Crippen LogP contribution in [0.2, 0.25) is 0 Å². The molecule has 2 fully saturated rings. The molecule has 3 N–H and O–H groups in total. The number of methoxy groups -OCH3 is 3. The SMILES string of the molecule is CNC1CC(Cn2cccn2)CC(OC)C1C(N)=N[S+]([O-])C1C(OC)CCCC1OC. The lowest BCUT2D eigenvalue weighted by Crippen LogP contribution is -2.54. The highest BCUT2D eigenvalue weighted by Crippen LogP contribution is 2.34. The number of hydrogen-bond donors (Lipinski definition) is 2. The molecular weight excluding hydrogens is 418 g/mol. The van der Waals surface area contributed by atoms with Crippen molar-refractivity contribution in [3.8, 4) is 0 Å². The van der Waals surface area contributed by atoms with Gasteiger partial charge in [-0.15, -0.1) is 0 Å². The van der Waals surface area contributed by atoms with E-state index >= 15 is 0 Å². The van der Waals surface area contributed by atoms with Crippen molar-refractivity contribution in [1.29, 1.82) is 0 Å². The highest BCUT2D eigenvalue weighted by atomic mass is 32.2. The second-order valence-electron chi connectivity index (χ2n) is 8.50. The van der Waals surface area contributed by atoms with Gasteiger partial charge in [-0.1, -0.05) is 0 Å². The van der Waals surface area contributed by atoms with Crippen LogP contribution in [0.1, 0.15) is 32.1 Å². The molecule has 0 aromatic carbocycles. The highest BCUT2D eigenvalue weighted by molar-refractivity contribution is 7.91. The van der Waals surface area contributed by atoms with E-state index in [1.54, 1.807) is 27.5 Å². The van der Waals surface area contributed by atoms with E-state index in [2.05, 4.69) is 14.8 Å². The van der Waals surface area contributed by atoms with E-state index in [4.69, 9.17) is 19.9 Å². The minimum Gasteiger partial charge on any atom is -0.591 e. The lowest BCUT2D eigenvalue weighted by molar-refractivity contribution is -0.00512. The largest absolute Gasteiger partial charge is 0.591 e. The monoisotopic (exact) mass is 455 g/mol. The van der Waals surface area contributed by atoms with E-state index in [1.807, 2.05) is 24.0 Å². The zero-order valence-electron chi connectivity index (χ0n) is 19.0. The molecule has 2 aliphatic rings. The number of hydrogen-bond acceptors (Lipinski definition) is 7. The van der Waals surface area contributed by atoms with Crippen LogP contribution in [0, 0.1) is 11.8 Å². The first-order valence-electron chi connectivity index (χ1n) is 11.0. The molecule has 10 heteroatoms. The molecule has 1 heterocycles. The molecule has 7 unspecified atom stereocenters. The van der Waals surface area contributed by atoms with Crippen molar-refractivity contribution in [3.05, 3.63) is 18.5 Å². The Labute approximate surface area is 188 Å². The van der Waals surface area contributed by atoms with Gasteiger partial charge in [0.25, 0.3) is 0 Å². The lowest BCUT2D eigenvalue weighted by Gasteiger charge is -2.41. The summed E-state index contributed by atoms with van der Waals surface area (Å²) in [6.07, 6.45) is 7.78. The fourth-order valence-electron chi connectivity index (χ4n) is 5.17. The van der Waals surface area contributed by atoms with Gasteiger partial charge in [-0.25, -0.2) is 0 Å². The highest BCUT2D eigenvalue weighted by Gasteiger charge is 2.45. The van der Waals surface area contributed by atoms with Gasteiger partial charge in [0, 0.05) is 46.3 Å². The molecule has 0 aliphatic heterocycles. The van der Waals surface area contributed by atoms with Crippen LogP contribution in [0.25, 0.3) is 0 Å². The third kappa shape index (κ3) is 5.80. The Balaban J connectivity index is 1.76. The van der Waals surface area contributed by atoms with Crippen molar-refractivity contribution in [2.45, 2.75) is 68.3 Å². The van der Waals surface area contributed by atoms with Crippen molar-refractivity contribution >= 4 is 17.2 Å². The predicted octanol–water partition coefficient (Wildman–Crippen LogP) is 1.12. The summed E-state index contributed by atoms with van der Waals surface area (Å²) in [7, 11) is 6.93. The Kier molecular flexibility index (Phi) is 9.18. The molecule has 0 bridgehead atoms. The molecular formula is C21H37N5O4S. The average molecular weight is 456 g/mol. The van der Waals surface area contributed by atoms with Crippen molar-refractivity contribution in [1.82, 2.24) is 15.1 Å². The summed E-state index contributed by atoms with van der Waals surface area (Å²) in [6.45, 7) is 0.827. The smallest absolute Gasteiger partial charge is 0.195 e. The fraction of sp³-hybridized carbons (Fsp3) is 0.810. The number of nitrogens with two attached hydrogens (primary N) is 1. The Morgan fingerprint density at radius 1 is 1.19 bits per heavy atom. The zero-order chi connectivity index (χ0) is 22.4. The lowest BCUT2D eigenvalue weighted by atomic mass is 9.75. The fourth-order valence-corrected chi connectivity index (χ4v) is 6.64. The van der Waals surface area contributed by atoms with Crippen LogP contribution in [0.5, 0.6) is 0 Å². The van der Waals surface area contributed by atoms with Crippen molar-refractivity contribution in [3.63, 3.8) is 0 Å². The summed E-state index contributed by atoms with van der Waals surface area (Å²) < 4.78 is 36.8. The van der Waals surface area contributed by atoms with E-state index in [1.165, 1.54) is 0 Å². The molecule has 1 aromatic rings. The topological polar surface area (TPSA) is 119 Å². The number of aromatic nitrogens is 2. The van der Waals surface area contributed by atoms with Gasteiger partial charge in [-0.3, -0.25) is 4.68 Å². The van der Waals surface area contributed by atoms with Crippen LogP contribution in [0.4, 0.5) is 0 Å². The average Bonchev–Trinajstić information content (AvgIpc) is 3.30. The van der Waals surface area contributed by atoms with Crippen molar-refractivity contribution < 1.29 is 18.8 Å². The second kappa shape index (κ2) is 11.6. The van der Waals surface area contributed by atoms with E-state index in [0.29, 0.717) is 11.8 Å². The van der Waals surface area contributed by atoms with E-state index in [0.717, 1.165) is 38.6 Å². The number of nitrogens with one attached hydrogen (secondary N) is 1. The molecule has 2 saturated carbocycles. The standard InChI is InChI=1S/C21H37N5O4S/c1-23-15-11-14(13-26-10-6-9-24-26)12-18(30-4)19(15)21(22)25-31(27)20-16(28-2)7-5-8-17(20)29-3/h6,9-10,14-20,23H,5,7-8,11-13H2,1-4H3,(H2,22,25). The minimum absolute atomic E-state index is 0.0720. The minimum atomic E-state index is -1.55. The summed E-state index contributed by atoms with van der Waals surface area (Å²) in [5, 5.41) is 7.39. The third-order valence-electron chi connectivity index (χ3n) is 6.75. The Morgan fingerprint density at radius 2 is 1.87 bits per heavy atom. The van der Waals surface area contributed by atoms with Crippen molar-refractivity contribution in [2.24, 2.45) is 22.0 Å². The van der Waals surface area contributed by atoms with Crippen LogP contribution >= 0.6 is 0 Å². The molecule has 0 amide bonds. The number of rotatable bonds is 9. The number of ether oxygens (including phenoxy) is 3. The summed E-state index contributed by atoms with van der Waals surface area (Å²) in [6, 6.07) is 2.00. The van der Waals surface area contributed by atoms with Gasteiger partial charge in [-0.2, -0.15) is 5.10 Å². The van der Waals surface area contributed by atoms with Gasteiger partial charge in [0.15, 0.2) is 11.1 Å². The molecule has 2 aliphatic carbocycles. The second-order valence-corrected chi connectivity index (χ2v) is 9.78. The molecule has 31 heavy (non-hydrogen) atoms. The maximum absolute atomic E-state index is 13.3. The quantitative estimate of drug-likeness (QED) is 0.325. The number of amidine groups is 1. The molecule has 3 rings (SSSR count). The molecule has 1 aromatic heterocycles. The van der Waals surface area contributed by atoms with Gasteiger partial charge in [-0.05, 0) is 55.5 Å². The van der Waals surface area contributed by atoms with Gasteiger partial charge in [0.2, 0.25) is 0 Å². The van der Waals surface area contributed by atoms with Crippen LogP contribution in [-0.2, 0) is 32.1 Å². The molecule has 0 spiro atoms. The van der Waals surface area contributed by atoms with Crippen LogP contribution < -0.4 is 11.1 Å². The molecule has 0 saturated heterocycles. The van der Waals surface area contributed by atoms with E-state index in [-0.39, 0.29) is 35.5 Å². The summed E-state index contributed by atoms with van der Waals surface area (Å²) in [5.41, 5.74) is 6.48. The predicted molar refractivity (Wildman–Crippen MR) is 121 cm³/mol. The van der Waals surface area contributed by atoms with Crippen LogP contribution in [-0.4, -0.2) is 78.1 Å².